The van der Waals surface area contributed by atoms with Crippen LogP contribution in [0.4, 0.5) is 9.18 Å². The van der Waals surface area contributed by atoms with Gasteiger partial charge in [0.2, 0.25) is 11.8 Å². The molecule has 162 valence electrons. The molecule has 0 saturated carbocycles. The van der Waals surface area contributed by atoms with Gasteiger partial charge in [0.1, 0.15) is 11.4 Å². The van der Waals surface area contributed by atoms with Crippen molar-refractivity contribution in [2.45, 2.75) is 65.6 Å². The van der Waals surface area contributed by atoms with Gasteiger partial charge < -0.3 is 20.3 Å². The molecule has 0 fully saturated rings. The Morgan fingerprint density at radius 2 is 1.62 bits per heavy atom. The van der Waals surface area contributed by atoms with Crippen LogP contribution in [0.25, 0.3) is 0 Å². The van der Waals surface area contributed by atoms with Crippen molar-refractivity contribution in [3.05, 3.63) is 35.6 Å². The molecular formula is C21H32FN3O4. The van der Waals surface area contributed by atoms with Crippen molar-refractivity contribution in [2.24, 2.45) is 0 Å². The van der Waals surface area contributed by atoms with E-state index in [9.17, 15) is 18.8 Å². The maximum absolute atomic E-state index is 13.1. The summed E-state index contributed by atoms with van der Waals surface area (Å²) in [5.74, 6) is -0.985. The van der Waals surface area contributed by atoms with Gasteiger partial charge in [0.25, 0.3) is 0 Å². The molecule has 0 bridgehead atoms. The van der Waals surface area contributed by atoms with E-state index in [1.165, 1.54) is 17.0 Å². The van der Waals surface area contributed by atoms with Crippen LogP contribution in [0.1, 0.15) is 53.5 Å². The number of amides is 3. The highest BCUT2D eigenvalue weighted by molar-refractivity contribution is 5.85. The molecule has 2 N–H and O–H groups in total. The highest BCUT2D eigenvalue weighted by Gasteiger charge is 2.21. The van der Waals surface area contributed by atoms with Gasteiger partial charge in [-0.3, -0.25) is 9.59 Å². The Morgan fingerprint density at radius 1 is 1.03 bits per heavy atom. The zero-order valence-corrected chi connectivity index (χ0v) is 18.1. The summed E-state index contributed by atoms with van der Waals surface area (Å²) < 4.78 is 18.3. The third-order valence-corrected chi connectivity index (χ3v) is 3.50. The molecule has 0 saturated heterocycles. The summed E-state index contributed by atoms with van der Waals surface area (Å²) in [5, 5.41) is 5.35. The number of nitrogens with zero attached hydrogens (tertiary/aromatic N) is 1. The molecule has 7 nitrogen and oxygen atoms in total. The average Bonchev–Trinajstić information content (AvgIpc) is 2.52. The fourth-order valence-corrected chi connectivity index (χ4v) is 2.42. The van der Waals surface area contributed by atoms with Gasteiger partial charge in [-0.25, -0.2) is 9.18 Å². The summed E-state index contributed by atoms with van der Waals surface area (Å²) in [6, 6.07) is 5.74. The largest absolute Gasteiger partial charge is 0.444 e. The van der Waals surface area contributed by atoms with Crippen LogP contribution in [-0.2, 0) is 20.9 Å². The highest BCUT2D eigenvalue weighted by atomic mass is 19.1. The van der Waals surface area contributed by atoms with Crippen molar-refractivity contribution >= 4 is 17.9 Å². The molecule has 1 aromatic rings. The molecule has 0 unspecified atom stereocenters. The number of carbonyl (C=O) groups is 3. The summed E-state index contributed by atoms with van der Waals surface area (Å²) in [4.78, 5) is 38.1. The fraction of sp³-hybridized carbons (Fsp3) is 0.571. The third kappa shape index (κ3) is 11.1. The zero-order valence-electron chi connectivity index (χ0n) is 18.1. The summed E-state index contributed by atoms with van der Waals surface area (Å²) in [6.07, 6.45) is -0.607. The van der Waals surface area contributed by atoms with Crippen LogP contribution >= 0.6 is 0 Å². The van der Waals surface area contributed by atoms with Crippen molar-refractivity contribution in [3.8, 4) is 0 Å². The molecule has 0 atom stereocenters. The van der Waals surface area contributed by atoms with Crippen LogP contribution in [0.2, 0.25) is 0 Å². The first-order valence-corrected chi connectivity index (χ1v) is 9.55. The smallest absolute Gasteiger partial charge is 0.407 e. The van der Waals surface area contributed by atoms with Gasteiger partial charge in [0, 0.05) is 25.0 Å². The molecular weight excluding hydrogens is 377 g/mol. The van der Waals surface area contributed by atoms with Crippen LogP contribution in [0.3, 0.4) is 0 Å². The SMILES string of the molecule is CC(C)(C)NC(=O)CN(Cc1ccc(F)cc1)C(=O)CCNC(=O)OC(C)(C)C. The lowest BCUT2D eigenvalue weighted by Gasteiger charge is -2.26. The monoisotopic (exact) mass is 409 g/mol. The second-order valence-corrected chi connectivity index (χ2v) is 8.85. The van der Waals surface area contributed by atoms with Gasteiger partial charge in [-0.1, -0.05) is 12.1 Å². The maximum atomic E-state index is 13.1. The lowest BCUT2D eigenvalue weighted by molar-refractivity contribution is -0.137. The minimum absolute atomic E-state index is 0.00321. The predicted octanol–water partition coefficient (Wildman–Crippen LogP) is 2.98. The van der Waals surface area contributed by atoms with E-state index in [1.807, 2.05) is 20.8 Å². The van der Waals surface area contributed by atoms with E-state index >= 15 is 0 Å². The second-order valence-electron chi connectivity index (χ2n) is 8.85. The molecule has 1 rings (SSSR count). The van der Waals surface area contributed by atoms with E-state index in [4.69, 9.17) is 4.74 Å². The first kappa shape index (κ1) is 24.4. The van der Waals surface area contributed by atoms with Gasteiger partial charge in [-0.2, -0.15) is 0 Å². The van der Waals surface area contributed by atoms with Crippen LogP contribution in [0.15, 0.2) is 24.3 Å². The number of halogens is 1. The lowest BCUT2D eigenvalue weighted by atomic mass is 10.1. The van der Waals surface area contributed by atoms with E-state index in [0.29, 0.717) is 5.56 Å². The minimum Gasteiger partial charge on any atom is -0.444 e. The molecule has 8 heteroatoms. The quantitative estimate of drug-likeness (QED) is 0.725. The Kier molecular flexibility index (Phi) is 8.60. The molecule has 3 amide bonds. The van der Waals surface area contributed by atoms with Gasteiger partial charge in [0.15, 0.2) is 0 Å². The van der Waals surface area contributed by atoms with Crippen molar-refractivity contribution in [1.82, 2.24) is 15.5 Å². The molecule has 0 aliphatic rings. The number of rotatable bonds is 7. The molecule has 0 aliphatic carbocycles. The first-order valence-electron chi connectivity index (χ1n) is 9.55. The Hall–Kier alpha value is -2.64. The van der Waals surface area contributed by atoms with Crippen LogP contribution in [-0.4, -0.2) is 47.0 Å². The summed E-state index contributed by atoms with van der Waals surface area (Å²) in [7, 11) is 0. The number of benzene rings is 1. The molecule has 1 aromatic carbocycles. The van der Waals surface area contributed by atoms with E-state index in [2.05, 4.69) is 10.6 Å². The van der Waals surface area contributed by atoms with Crippen LogP contribution in [0, 0.1) is 5.82 Å². The molecule has 0 radical (unpaired) electrons. The Labute approximate surface area is 172 Å². The first-order chi connectivity index (χ1) is 13.2. The van der Waals surface area contributed by atoms with Gasteiger partial charge in [-0.05, 0) is 59.2 Å². The summed E-state index contributed by atoms with van der Waals surface area (Å²) in [6.45, 7) is 10.9. The molecule has 0 heterocycles. The Morgan fingerprint density at radius 3 is 2.14 bits per heavy atom. The number of hydrogen-bond donors (Lipinski definition) is 2. The summed E-state index contributed by atoms with van der Waals surface area (Å²) in [5.41, 5.74) is -0.364. The third-order valence-electron chi connectivity index (χ3n) is 3.50. The molecule has 29 heavy (non-hydrogen) atoms. The number of carbonyl (C=O) groups excluding carboxylic acids is 3. The fourth-order valence-electron chi connectivity index (χ4n) is 2.42. The number of alkyl carbamates (subject to hydrolysis) is 1. The van der Waals surface area contributed by atoms with E-state index < -0.39 is 17.2 Å². The van der Waals surface area contributed by atoms with Gasteiger partial charge in [0.05, 0.1) is 6.54 Å². The lowest BCUT2D eigenvalue weighted by Crippen LogP contribution is -2.47. The second kappa shape index (κ2) is 10.2. The Balaban J connectivity index is 2.73. The number of nitrogens with one attached hydrogen (secondary N) is 2. The number of ether oxygens (including phenoxy) is 1. The molecule has 0 aromatic heterocycles. The normalized spacial score (nSPS) is 11.6. The molecule has 0 aliphatic heterocycles. The van der Waals surface area contributed by atoms with Gasteiger partial charge in [-0.15, -0.1) is 0 Å². The van der Waals surface area contributed by atoms with Crippen molar-refractivity contribution < 1.29 is 23.5 Å². The molecule has 0 spiro atoms. The van der Waals surface area contributed by atoms with E-state index in [0.717, 1.165) is 0 Å². The Bertz CT molecular complexity index is 706. The highest BCUT2D eigenvalue weighted by Crippen LogP contribution is 2.09. The van der Waals surface area contributed by atoms with Crippen molar-refractivity contribution in [1.29, 1.82) is 0 Å². The van der Waals surface area contributed by atoms with E-state index in [1.54, 1.807) is 32.9 Å². The summed E-state index contributed by atoms with van der Waals surface area (Å²) >= 11 is 0. The van der Waals surface area contributed by atoms with Crippen LogP contribution in [0.5, 0.6) is 0 Å². The zero-order chi connectivity index (χ0) is 22.2. The van der Waals surface area contributed by atoms with Crippen molar-refractivity contribution in [2.75, 3.05) is 13.1 Å². The van der Waals surface area contributed by atoms with Gasteiger partial charge >= 0.3 is 6.09 Å². The number of hydrogen-bond acceptors (Lipinski definition) is 4. The average molecular weight is 410 g/mol. The van der Waals surface area contributed by atoms with Crippen molar-refractivity contribution in [3.63, 3.8) is 0 Å². The maximum Gasteiger partial charge on any atom is 0.407 e. The minimum atomic E-state index is -0.631. The predicted molar refractivity (Wildman–Crippen MR) is 109 cm³/mol. The van der Waals surface area contributed by atoms with Crippen LogP contribution < -0.4 is 10.6 Å². The standard InChI is InChI=1S/C21H32FN3O4/c1-20(2,3)24-17(26)14-25(13-15-7-9-16(22)10-8-15)18(27)11-12-23-19(28)29-21(4,5)6/h7-10H,11-14H2,1-6H3,(H,23,28)(H,24,26). The topological polar surface area (TPSA) is 87.7 Å². The van der Waals surface area contributed by atoms with E-state index in [-0.39, 0.29) is 43.7 Å².